The second-order valence-corrected chi connectivity index (χ2v) is 7.45. The van der Waals surface area contributed by atoms with Gasteiger partial charge in [-0.05, 0) is 24.1 Å². The first-order valence-corrected chi connectivity index (χ1v) is 9.86. The van der Waals surface area contributed by atoms with Crippen molar-refractivity contribution in [2.24, 2.45) is 5.92 Å². The minimum absolute atomic E-state index is 0. The molecule has 0 aliphatic carbocycles. The molecular weight excluding hydrogens is 382 g/mol. The van der Waals surface area contributed by atoms with E-state index in [2.05, 4.69) is 10.3 Å². The van der Waals surface area contributed by atoms with Crippen molar-refractivity contribution in [2.45, 2.75) is 37.4 Å². The minimum atomic E-state index is -0.317. The number of likely N-dealkylation sites (tertiary alicyclic amines) is 1. The van der Waals surface area contributed by atoms with Crippen LogP contribution in [-0.4, -0.2) is 27.2 Å². The largest absolute Gasteiger partial charge is 0.331 e. The normalized spacial score (nSPS) is 19.6. The lowest BCUT2D eigenvalue weighted by molar-refractivity contribution is -0.143. The summed E-state index contributed by atoms with van der Waals surface area (Å²) in [5, 5.41) is 2.85. The number of halogens is 1. The highest BCUT2D eigenvalue weighted by molar-refractivity contribution is 7.99. The van der Waals surface area contributed by atoms with Crippen LogP contribution in [-0.2, 0) is 10.5 Å². The molecule has 0 unspecified atom stereocenters. The van der Waals surface area contributed by atoms with E-state index in [0.717, 1.165) is 17.7 Å². The maximum absolute atomic E-state index is 12.7. The average Bonchev–Trinajstić information content (AvgIpc) is 2.69. The summed E-state index contributed by atoms with van der Waals surface area (Å²) in [6, 6.07) is 15.2. The summed E-state index contributed by atoms with van der Waals surface area (Å²) in [5.74, 6) is 0.387. The zero-order chi connectivity index (χ0) is 18.5. The number of pyridine rings is 1. The number of benzene rings is 1. The molecule has 7 heteroatoms. The standard InChI is InChI=1S/C20H23N3O2S.ClH/c1-3-17(15-9-5-4-6-10-15)22-20(25)23-18(24)14(2)19(23)26-13-16-11-7-8-12-21-16;/h4-12,14,17,19H,3,13H2,1-2H3,(H,22,25);1H/t14-,17-,19+;/m1./s1. The summed E-state index contributed by atoms with van der Waals surface area (Å²) < 4.78 is 0. The Kier molecular flexibility index (Phi) is 7.68. The summed E-state index contributed by atoms with van der Waals surface area (Å²) in [6.07, 6.45) is 2.51. The monoisotopic (exact) mass is 405 g/mol. The van der Waals surface area contributed by atoms with Gasteiger partial charge in [0.25, 0.3) is 0 Å². The average molecular weight is 406 g/mol. The third-order valence-electron chi connectivity index (χ3n) is 4.56. The van der Waals surface area contributed by atoms with Gasteiger partial charge in [-0.15, -0.1) is 24.2 Å². The van der Waals surface area contributed by atoms with Crippen LogP contribution >= 0.6 is 24.2 Å². The van der Waals surface area contributed by atoms with Crippen molar-refractivity contribution in [1.82, 2.24) is 15.2 Å². The number of carbonyl (C=O) groups is 2. The topological polar surface area (TPSA) is 62.3 Å². The number of carbonyl (C=O) groups excluding carboxylic acids is 2. The van der Waals surface area contributed by atoms with E-state index in [4.69, 9.17) is 0 Å². The number of thioether (sulfide) groups is 1. The smallest absolute Gasteiger partial charge is 0.325 e. The molecule has 0 spiro atoms. The molecule has 1 saturated heterocycles. The highest BCUT2D eigenvalue weighted by atomic mass is 35.5. The molecule has 0 bridgehead atoms. The van der Waals surface area contributed by atoms with E-state index < -0.39 is 0 Å². The summed E-state index contributed by atoms with van der Waals surface area (Å²) in [6.45, 7) is 3.89. The lowest BCUT2D eigenvalue weighted by atomic mass is 10.0. The van der Waals surface area contributed by atoms with Gasteiger partial charge in [0.1, 0.15) is 0 Å². The number of hydrogen-bond acceptors (Lipinski definition) is 4. The van der Waals surface area contributed by atoms with Gasteiger partial charge < -0.3 is 5.32 Å². The van der Waals surface area contributed by atoms with Crippen LogP contribution in [0.5, 0.6) is 0 Å². The summed E-state index contributed by atoms with van der Waals surface area (Å²) in [4.78, 5) is 30.6. The number of urea groups is 1. The first kappa shape index (κ1) is 21.3. The second-order valence-electron chi connectivity index (χ2n) is 6.34. The van der Waals surface area contributed by atoms with Gasteiger partial charge in [0.15, 0.2) is 0 Å². The van der Waals surface area contributed by atoms with Crippen LogP contribution in [0.3, 0.4) is 0 Å². The molecule has 1 aliphatic heterocycles. The van der Waals surface area contributed by atoms with Crippen LogP contribution in [0, 0.1) is 5.92 Å². The first-order valence-electron chi connectivity index (χ1n) is 8.81. The fraction of sp³-hybridized carbons (Fsp3) is 0.350. The van der Waals surface area contributed by atoms with Crippen molar-refractivity contribution >= 4 is 36.1 Å². The fourth-order valence-electron chi connectivity index (χ4n) is 3.02. The zero-order valence-corrected chi connectivity index (χ0v) is 17.0. The van der Waals surface area contributed by atoms with E-state index in [1.165, 1.54) is 4.90 Å². The number of hydrogen-bond donors (Lipinski definition) is 1. The molecule has 0 radical (unpaired) electrons. The van der Waals surface area contributed by atoms with E-state index in [1.807, 2.05) is 62.4 Å². The molecule has 3 atom stereocenters. The van der Waals surface area contributed by atoms with Crippen LogP contribution < -0.4 is 5.32 Å². The van der Waals surface area contributed by atoms with Crippen LogP contribution in [0.25, 0.3) is 0 Å². The lowest BCUT2D eigenvalue weighted by Gasteiger charge is -2.43. The molecular formula is C20H24ClN3O2S. The number of nitrogens with zero attached hydrogens (tertiary/aromatic N) is 2. The Morgan fingerprint density at radius 1 is 1.22 bits per heavy atom. The van der Waals surface area contributed by atoms with Gasteiger partial charge in [-0.2, -0.15) is 0 Å². The highest BCUT2D eigenvalue weighted by Crippen LogP contribution is 2.36. The lowest BCUT2D eigenvalue weighted by Crippen LogP contribution is -2.63. The molecule has 1 N–H and O–H groups in total. The quantitative estimate of drug-likeness (QED) is 0.723. The molecule has 1 fully saturated rings. The molecule has 1 aromatic carbocycles. The Morgan fingerprint density at radius 2 is 1.93 bits per heavy atom. The Balaban J connectivity index is 0.00000261. The Bertz CT molecular complexity index is 760. The first-order chi connectivity index (χ1) is 12.6. The van der Waals surface area contributed by atoms with Gasteiger partial charge in [-0.25, -0.2) is 4.79 Å². The third-order valence-corrected chi connectivity index (χ3v) is 5.99. The van der Waals surface area contributed by atoms with Crippen molar-refractivity contribution in [3.05, 3.63) is 66.0 Å². The Morgan fingerprint density at radius 3 is 2.56 bits per heavy atom. The number of aromatic nitrogens is 1. The van der Waals surface area contributed by atoms with Crippen molar-refractivity contribution < 1.29 is 9.59 Å². The van der Waals surface area contributed by atoms with Gasteiger partial charge in [0, 0.05) is 11.9 Å². The van der Waals surface area contributed by atoms with Gasteiger partial charge in [0.2, 0.25) is 5.91 Å². The van der Waals surface area contributed by atoms with Gasteiger partial charge >= 0.3 is 6.03 Å². The molecule has 2 aromatic rings. The van der Waals surface area contributed by atoms with Crippen LogP contribution in [0.15, 0.2) is 54.7 Å². The van der Waals surface area contributed by atoms with Crippen LogP contribution in [0.1, 0.15) is 37.6 Å². The number of rotatable bonds is 6. The molecule has 2 heterocycles. The van der Waals surface area contributed by atoms with Crippen molar-refractivity contribution in [1.29, 1.82) is 0 Å². The maximum atomic E-state index is 12.7. The molecule has 27 heavy (non-hydrogen) atoms. The molecule has 0 saturated carbocycles. The van der Waals surface area contributed by atoms with E-state index in [1.54, 1.807) is 18.0 Å². The van der Waals surface area contributed by atoms with Gasteiger partial charge in [0.05, 0.1) is 23.0 Å². The van der Waals surface area contributed by atoms with Crippen molar-refractivity contribution in [2.75, 3.05) is 0 Å². The predicted octanol–water partition coefficient (Wildman–Crippen LogP) is 4.40. The number of imide groups is 1. The zero-order valence-electron chi connectivity index (χ0n) is 15.4. The van der Waals surface area contributed by atoms with E-state index in [9.17, 15) is 9.59 Å². The second kappa shape index (κ2) is 9.76. The Hall–Kier alpha value is -2.05. The van der Waals surface area contributed by atoms with Gasteiger partial charge in [-0.1, -0.05) is 50.2 Å². The molecule has 1 aliphatic rings. The fourth-order valence-corrected chi connectivity index (χ4v) is 4.29. The third kappa shape index (κ3) is 4.82. The predicted molar refractivity (Wildman–Crippen MR) is 111 cm³/mol. The Labute approximate surface area is 170 Å². The maximum Gasteiger partial charge on any atom is 0.325 e. The number of nitrogens with one attached hydrogen (secondary N) is 1. The molecule has 3 rings (SSSR count). The van der Waals surface area contributed by atoms with E-state index >= 15 is 0 Å². The minimum Gasteiger partial charge on any atom is -0.331 e. The van der Waals surface area contributed by atoms with Crippen LogP contribution in [0.4, 0.5) is 4.79 Å². The molecule has 3 amide bonds. The summed E-state index contributed by atoms with van der Waals surface area (Å²) in [5.41, 5.74) is 1.99. The summed E-state index contributed by atoms with van der Waals surface area (Å²) >= 11 is 1.58. The SMILES string of the molecule is CC[C@@H](NC(=O)N1C(=O)[C@@H](C)[C@@H]1SCc1ccccn1)c1ccccc1.Cl. The van der Waals surface area contributed by atoms with E-state index in [0.29, 0.717) is 5.75 Å². The van der Waals surface area contributed by atoms with E-state index in [-0.39, 0.29) is 41.7 Å². The van der Waals surface area contributed by atoms with Crippen molar-refractivity contribution in [3.63, 3.8) is 0 Å². The molecule has 5 nitrogen and oxygen atoms in total. The van der Waals surface area contributed by atoms with Gasteiger partial charge in [-0.3, -0.25) is 14.7 Å². The summed E-state index contributed by atoms with van der Waals surface area (Å²) in [7, 11) is 0. The molecule has 144 valence electrons. The molecule has 1 aromatic heterocycles. The number of amides is 3. The van der Waals surface area contributed by atoms with Crippen LogP contribution in [0.2, 0.25) is 0 Å². The highest BCUT2D eigenvalue weighted by Gasteiger charge is 2.48. The van der Waals surface area contributed by atoms with Crippen molar-refractivity contribution in [3.8, 4) is 0 Å². The number of β-lactam (4-membered cyclic amide) rings is 1.